The van der Waals surface area contributed by atoms with Crippen LogP contribution in [-0.2, 0) is 16.0 Å². The van der Waals surface area contributed by atoms with Crippen LogP contribution in [0.2, 0.25) is 0 Å². The molecule has 1 N–H and O–H groups in total. The van der Waals surface area contributed by atoms with Crippen molar-refractivity contribution < 1.29 is 14.0 Å². The molecule has 2 amide bonds. The van der Waals surface area contributed by atoms with E-state index >= 15 is 0 Å². The molecule has 5 heteroatoms. The second-order valence-electron chi connectivity index (χ2n) is 5.61. The minimum absolute atomic E-state index is 0.0848. The van der Waals surface area contributed by atoms with Gasteiger partial charge in [0, 0.05) is 24.4 Å². The van der Waals surface area contributed by atoms with E-state index in [4.69, 9.17) is 0 Å². The van der Waals surface area contributed by atoms with Gasteiger partial charge in [0.05, 0.1) is 6.54 Å². The average Bonchev–Trinajstić information content (AvgIpc) is 2.61. The van der Waals surface area contributed by atoms with Crippen molar-refractivity contribution in [2.75, 3.05) is 18.9 Å². The van der Waals surface area contributed by atoms with Crippen LogP contribution in [0.5, 0.6) is 0 Å². The van der Waals surface area contributed by atoms with Gasteiger partial charge in [-0.15, -0.1) is 0 Å². The van der Waals surface area contributed by atoms with Crippen LogP contribution < -0.4 is 5.32 Å². The summed E-state index contributed by atoms with van der Waals surface area (Å²) in [6.07, 6.45) is 3.46. The first kappa shape index (κ1) is 18.4. The van der Waals surface area contributed by atoms with E-state index in [2.05, 4.69) is 5.32 Å². The van der Waals surface area contributed by atoms with Gasteiger partial charge in [-0.25, -0.2) is 4.39 Å². The van der Waals surface area contributed by atoms with Gasteiger partial charge >= 0.3 is 0 Å². The van der Waals surface area contributed by atoms with Crippen LogP contribution in [0.25, 0.3) is 6.08 Å². The monoisotopic (exact) mass is 340 g/mol. The summed E-state index contributed by atoms with van der Waals surface area (Å²) in [5.41, 5.74) is 2.10. The number of carbonyl (C=O) groups excluding carboxylic acids is 2. The second-order valence-corrected chi connectivity index (χ2v) is 5.61. The molecule has 0 unspecified atom stereocenters. The fourth-order valence-electron chi connectivity index (χ4n) is 2.33. The first-order chi connectivity index (χ1) is 12.0. The Hall–Kier alpha value is -2.95. The standard InChI is InChI=1S/C20H21FN2O2/c1-3-15-8-5-7-11-18(15)22-19(24)14-23(2)20(25)13-12-16-9-4-6-10-17(16)21/h4-13H,3,14H2,1-2H3,(H,22,24)/b13-12+. The predicted octanol–water partition coefficient (Wildman–Crippen LogP) is 3.50. The van der Waals surface area contributed by atoms with Crippen LogP contribution in [0.1, 0.15) is 18.1 Å². The summed E-state index contributed by atoms with van der Waals surface area (Å²) < 4.78 is 13.5. The lowest BCUT2D eigenvalue weighted by atomic mass is 10.1. The first-order valence-electron chi connectivity index (χ1n) is 8.06. The van der Waals surface area contributed by atoms with E-state index in [1.807, 2.05) is 31.2 Å². The lowest BCUT2D eigenvalue weighted by molar-refractivity contribution is -0.129. The fraction of sp³-hybridized carbons (Fsp3) is 0.200. The number of halogens is 1. The highest BCUT2D eigenvalue weighted by molar-refractivity contribution is 5.98. The summed E-state index contributed by atoms with van der Waals surface area (Å²) in [5.74, 6) is -1.05. The van der Waals surface area contributed by atoms with Crippen LogP contribution >= 0.6 is 0 Å². The van der Waals surface area contributed by atoms with Crippen LogP contribution in [0.4, 0.5) is 10.1 Å². The summed E-state index contributed by atoms with van der Waals surface area (Å²) >= 11 is 0. The number of benzene rings is 2. The molecule has 0 bridgehead atoms. The van der Waals surface area contributed by atoms with E-state index in [0.29, 0.717) is 5.56 Å². The Kier molecular flexibility index (Phi) is 6.46. The van der Waals surface area contributed by atoms with Crippen LogP contribution in [0.15, 0.2) is 54.6 Å². The molecule has 0 fully saturated rings. The Bertz CT molecular complexity index is 787. The van der Waals surface area contributed by atoms with Gasteiger partial charge in [0.1, 0.15) is 5.82 Å². The molecule has 0 radical (unpaired) electrons. The van der Waals surface area contributed by atoms with E-state index in [1.165, 1.54) is 30.2 Å². The quantitative estimate of drug-likeness (QED) is 0.818. The fourth-order valence-corrected chi connectivity index (χ4v) is 2.33. The zero-order chi connectivity index (χ0) is 18.2. The Morgan fingerprint density at radius 3 is 2.52 bits per heavy atom. The van der Waals surface area contributed by atoms with Crippen molar-refractivity contribution in [1.82, 2.24) is 4.90 Å². The summed E-state index contributed by atoms with van der Waals surface area (Å²) in [7, 11) is 1.53. The highest BCUT2D eigenvalue weighted by Gasteiger charge is 2.12. The second kappa shape index (κ2) is 8.78. The SMILES string of the molecule is CCc1ccccc1NC(=O)CN(C)C(=O)/C=C/c1ccccc1F. The molecular formula is C20H21FN2O2. The molecule has 0 aliphatic rings. The zero-order valence-electron chi connectivity index (χ0n) is 14.3. The Labute approximate surface area is 147 Å². The van der Waals surface area contributed by atoms with E-state index in [-0.39, 0.29) is 18.4 Å². The van der Waals surface area contributed by atoms with Crippen molar-refractivity contribution in [1.29, 1.82) is 0 Å². The number of anilines is 1. The third-order valence-corrected chi connectivity index (χ3v) is 3.74. The Morgan fingerprint density at radius 2 is 1.80 bits per heavy atom. The molecule has 0 aromatic heterocycles. The maximum absolute atomic E-state index is 13.5. The number of hydrogen-bond donors (Lipinski definition) is 1. The lowest BCUT2D eigenvalue weighted by Crippen LogP contribution is -2.34. The number of nitrogens with zero attached hydrogens (tertiary/aromatic N) is 1. The lowest BCUT2D eigenvalue weighted by Gasteiger charge is -2.16. The molecule has 0 atom stereocenters. The van der Waals surface area contributed by atoms with Crippen molar-refractivity contribution in [3.8, 4) is 0 Å². The topological polar surface area (TPSA) is 49.4 Å². The van der Waals surface area contributed by atoms with E-state index in [1.54, 1.807) is 18.2 Å². The smallest absolute Gasteiger partial charge is 0.246 e. The van der Waals surface area contributed by atoms with Crippen molar-refractivity contribution in [3.63, 3.8) is 0 Å². The minimum atomic E-state index is -0.400. The van der Waals surface area contributed by atoms with Gasteiger partial charge in [-0.3, -0.25) is 9.59 Å². The number of amides is 2. The number of para-hydroxylation sites is 1. The molecule has 25 heavy (non-hydrogen) atoms. The van der Waals surface area contributed by atoms with E-state index in [9.17, 15) is 14.0 Å². The van der Waals surface area contributed by atoms with Crippen molar-refractivity contribution >= 4 is 23.6 Å². The van der Waals surface area contributed by atoms with Gasteiger partial charge in [-0.1, -0.05) is 43.3 Å². The molecule has 0 saturated heterocycles. The average molecular weight is 340 g/mol. The molecule has 2 rings (SSSR count). The molecule has 0 aliphatic heterocycles. The summed E-state index contributed by atoms with van der Waals surface area (Å²) in [6.45, 7) is 1.92. The highest BCUT2D eigenvalue weighted by Crippen LogP contribution is 2.15. The zero-order valence-corrected chi connectivity index (χ0v) is 14.3. The number of nitrogens with one attached hydrogen (secondary N) is 1. The molecule has 0 heterocycles. The van der Waals surface area contributed by atoms with Gasteiger partial charge in [-0.05, 0) is 30.2 Å². The summed E-state index contributed by atoms with van der Waals surface area (Å²) in [4.78, 5) is 25.5. The maximum atomic E-state index is 13.5. The minimum Gasteiger partial charge on any atom is -0.333 e. The number of carbonyl (C=O) groups is 2. The van der Waals surface area contributed by atoms with Crippen molar-refractivity contribution in [3.05, 3.63) is 71.6 Å². The van der Waals surface area contributed by atoms with Gasteiger partial charge in [0.2, 0.25) is 11.8 Å². The molecule has 130 valence electrons. The van der Waals surface area contributed by atoms with E-state index in [0.717, 1.165) is 17.7 Å². The normalized spacial score (nSPS) is 10.7. The summed E-state index contributed by atoms with van der Waals surface area (Å²) in [6, 6.07) is 13.7. The molecular weight excluding hydrogens is 319 g/mol. The van der Waals surface area contributed by atoms with Gasteiger partial charge in [0.25, 0.3) is 0 Å². The van der Waals surface area contributed by atoms with Gasteiger partial charge in [0.15, 0.2) is 0 Å². The van der Waals surface area contributed by atoms with Crippen molar-refractivity contribution in [2.24, 2.45) is 0 Å². The first-order valence-corrected chi connectivity index (χ1v) is 8.06. The molecule has 0 saturated carbocycles. The maximum Gasteiger partial charge on any atom is 0.246 e. The number of rotatable bonds is 6. The molecule has 0 aliphatic carbocycles. The largest absolute Gasteiger partial charge is 0.333 e. The molecule has 4 nitrogen and oxygen atoms in total. The van der Waals surface area contributed by atoms with Gasteiger partial charge in [-0.2, -0.15) is 0 Å². The van der Waals surface area contributed by atoms with Gasteiger partial charge < -0.3 is 10.2 Å². The summed E-state index contributed by atoms with van der Waals surface area (Å²) in [5, 5.41) is 2.81. The molecule has 2 aromatic carbocycles. The molecule has 2 aromatic rings. The van der Waals surface area contributed by atoms with E-state index < -0.39 is 5.82 Å². The highest BCUT2D eigenvalue weighted by atomic mass is 19.1. The van der Waals surface area contributed by atoms with Crippen LogP contribution in [0, 0.1) is 5.82 Å². The number of aryl methyl sites for hydroxylation is 1. The van der Waals surface area contributed by atoms with Crippen molar-refractivity contribution in [2.45, 2.75) is 13.3 Å². The van der Waals surface area contributed by atoms with Crippen LogP contribution in [0.3, 0.4) is 0 Å². The number of hydrogen-bond acceptors (Lipinski definition) is 2. The Balaban J connectivity index is 1.94. The predicted molar refractivity (Wildman–Crippen MR) is 97.5 cm³/mol. The Morgan fingerprint density at radius 1 is 1.12 bits per heavy atom. The third-order valence-electron chi connectivity index (χ3n) is 3.74. The number of likely N-dealkylation sites (N-methyl/N-ethyl adjacent to an activating group) is 1. The van der Waals surface area contributed by atoms with Crippen LogP contribution in [-0.4, -0.2) is 30.3 Å². The molecule has 0 spiro atoms. The third kappa shape index (κ3) is 5.28.